The van der Waals surface area contributed by atoms with Crippen LogP contribution >= 0.6 is 0 Å². The lowest BCUT2D eigenvalue weighted by atomic mass is 9.92. The predicted octanol–water partition coefficient (Wildman–Crippen LogP) is 2.21. The molecule has 1 N–H and O–H groups in total. The second-order valence-corrected chi connectivity index (χ2v) is 4.25. The Morgan fingerprint density at radius 1 is 1.31 bits per heavy atom. The first-order valence-corrected chi connectivity index (χ1v) is 5.42. The lowest BCUT2D eigenvalue weighted by Gasteiger charge is -2.16. The third kappa shape index (κ3) is 3.28. The van der Waals surface area contributed by atoms with Gasteiger partial charge in [-0.05, 0) is 31.1 Å². The summed E-state index contributed by atoms with van der Waals surface area (Å²) in [6.07, 6.45) is 5.87. The molecule has 3 unspecified atom stereocenters. The Kier molecular flexibility index (Phi) is 4.74. The SMILES string of the molecule is COCCCCC1CCC(O)C1C. The van der Waals surface area contributed by atoms with Crippen molar-refractivity contribution in [1.29, 1.82) is 0 Å². The number of hydrogen-bond acceptors (Lipinski definition) is 2. The Balaban J connectivity index is 2.08. The molecule has 3 atom stereocenters. The molecule has 0 aromatic carbocycles. The van der Waals surface area contributed by atoms with E-state index in [-0.39, 0.29) is 6.10 Å². The highest BCUT2D eigenvalue weighted by Gasteiger charge is 2.30. The van der Waals surface area contributed by atoms with Crippen LogP contribution in [0.2, 0.25) is 0 Å². The molecule has 0 spiro atoms. The van der Waals surface area contributed by atoms with Crippen LogP contribution in [-0.4, -0.2) is 24.9 Å². The molecule has 0 bridgehead atoms. The average Bonchev–Trinajstić information content (AvgIpc) is 2.43. The second kappa shape index (κ2) is 5.61. The molecule has 0 radical (unpaired) electrons. The van der Waals surface area contributed by atoms with Crippen LogP contribution in [0.15, 0.2) is 0 Å². The van der Waals surface area contributed by atoms with E-state index in [4.69, 9.17) is 4.74 Å². The fourth-order valence-electron chi connectivity index (χ4n) is 2.28. The van der Waals surface area contributed by atoms with Crippen molar-refractivity contribution in [3.8, 4) is 0 Å². The zero-order valence-electron chi connectivity index (χ0n) is 8.83. The van der Waals surface area contributed by atoms with Gasteiger partial charge in [-0.3, -0.25) is 0 Å². The molecule has 1 rings (SSSR count). The van der Waals surface area contributed by atoms with Crippen LogP contribution in [0.25, 0.3) is 0 Å². The minimum Gasteiger partial charge on any atom is -0.393 e. The van der Waals surface area contributed by atoms with Gasteiger partial charge < -0.3 is 9.84 Å². The van der Waals surface area contributed by atoms with Crippen LogP contribution in [0.4, 0.5) is 0 Å². The van der Waals surface area contributed by atoms with Crippen molar-refractivity contribution in [1.82, 2.24) is 0 Å². The lowest BCUT2D eigenvalue weighted by molar-refractivity contribution is 0.124. The maximum absolute atomic E-state index is 9.55. The first kappa shape index (κ1) is 11.0. The van der Waals surface area contributed by atoms with E-state index in [1.807, 2.05) is 0 Å². The highest BCUT2D eigenvalue weighted by Crippen LogP contribution is 2.34. The fraction of sp³-hybridized carbons (Fsp3) is 1.00. The molecule has 0 amide bonds. The van der Waals surface area contributed by atoms with Gasteiger partial charge in [-0.25, -0.2) is 0 Å². The summed E-state index contributed by atoms with van der Waals surface area (Å²) in [4.78, 5) is 0. The summed E-state index contributed by atoms with van der Waals surface area (Å²) in [6.45, 7) is 3.06. The van der Waals surface area contributed by atoms with Crippen LogP contribution in [0.3, 0.4) is 0 Å². The predicted molar refractivity (Wildman–Crippen MR) is 53.6 cm³/mol. The molecule has 1 aliphatic rings. The Morgan fingerprint density at radius 3 is 2.62 bits per heavy atom. The number of aliphatic hydroxyl groups is 1. The zero-order valence-corrected chi connectivity index (χ0v) is 8.83. The number of aliphatic hydroxyl groups excluding tert-OH is 1. The standard InChI is InChI=1S/C11H22O2/c1-9-10(6-7-11(9)12)5-3-4-8-13-2/h9-12H,3-8H2,1-2H3. The Hall–Kier alpha value is -0.0800. The molecular weight excluding hydrogens is 164 g/mol. The summed E-state index contributed by atoms with van der Waals surface area (Å²) >= 11 is 0. The molecule has 1 fully saturated rings. The van der Waals surface area contributed by atoms with Gasteiger partial charge in [0.15, 0.2) is 0 Å². The van der Waals surface area contributed by atoms with Crippen molar-refractivity contribution < 1.29 is 9.84 Å². The van der Waals surface area contributed by atoms with E-state index in [0.29, 0.717) is 5.92 Å². The van der Waals surface area contributed by atoms with Crippen molar-refractivity contribution in [3.05, 3.63) is 0 Å². The Bertz CT molecular complexity index is 136. The zero-order chi connectivity index (χ0) is 9.68. The van der Waals surface area contributed by atoms with Gasteiger partial charge in [0.05, 0.1) is 6.10 Å². The minimum atomic E-state index is -0.0348. The highest BCUT2D eigenvalue weighted by molar-refractivity contribution is 4.81. The molecule has 2 heteroatoms. The van der Waals surface area contributed by atoms with E-state index in [2.05, 4.69) is 6.92 Å². The van der Waals surface area contributed by atoms with Gasteiger partial charge >= 0.3 is 0 Å². The van der Waals surface area contributed by atoms with Gasteiger partial charge in [-0.1, -0.05) is 19.8 Å². The quantitative estimate of drug-likeness (QED) is 0.667. The molecule has 0 aromatic heterocycles. The van der Waals surface area contributed by atoms with Crippen LogP contribution < -0.4 is 0 Å². The molecule has 1 aliphatic carbocycles. The number of ether oxygens (including phenoxy) is 1. The smallest absolute Gasteiger partial charge is 0.0568 e. The Morgan fingerprint density at radius 2 is 2.08 bits per heavy atom. The number of methoxy groups -OCH3 is 1. The molecule has 78 valence electrons. The molecular formula is C11H22O2. The van der Waals surface area contributed by atoms with Gasteiger partial charge in [0.2, 0.25) is 0 Å². The van der Waals surface area contributed by atoms with E-state index >= 15 is 0 Å². The van der Waals surface area contributed by atoms with Crippen LogP contribution in [-0.2, 0) is 4.74 Å². The number of hydrogen-bond donors (Lipinski definition) is 1. The molecule has 2 nitrogen and oxygen atoms in total. The summed E-state index contributed by atoms with van der Waals surface area (Å²) in [6, 6.07) is 0. The van der Waals surface area contributed by atoms with E-state index in [9.17, 15) is 5.11 Å². The van der Waals surface area contributed by atoms with E-state index < -0.39 is 0 Å². The van der Waals surface area contributed by atoms with Gasteiger partial charge in [0.25, 0.3) is 0 Å². The molecule has 1 saturated carbocycles. The largest absolute Gasteiger partial charge is 0.393 e. The van der Waals surface area contributed by atoms with Crippen LogP contribution in [0.5, 0.6) is 0 Å². The number of unbranched alkanes of at least 4 members (excludes halogenated alkanes) is 1. The van der Waals surface area contributed by atoms with E-state index in [0.717, 1.165) is 25.4 Å². The van der Waals surface area contributed by atoms with Crippen molar-refractivity contribution >= 4 is 0 Å². The summed E-state index contributed by atoms with van der Waals surface area (Å²) in [5.74, 6) is 1.27. The summed E-state index contributed by atoms with van der Waals surface area (Å²) in [5, 5.41) is 9.55. The fourth-order valence-corrected chi connectivity index (χ4v) is 2.28. The van der Waals surface area contributed by atoms with Crippen LogP contribution in [0.1, 0.15) is 39.0 Å². The van der Waals surface area contributed by atoms with Crippen molar-refractivity contribution in [3.63, 3.8) is 0 Å². The minimum absolute atomic E-state index is 0.0348. The van der Waals surface area contributed by atoms with Crippen molar-refractivity contribution in [2.45, 2.75) is 45.1 Å². The normalized spacial score (nSPS) is 33.9. The Labute approximate surface area is 81.3 Å². The maximum atomic E-state index is 9.55. The van der Waals surface area contributed by atoms with Gasteiger partial charge in [-0.2, -0.15) is 0 Å². The van der Waals surface area contributed by atoms with Crippen LogP contribution in [0, 0.1) is 11.8 Å². The average molecular weight is 186 g/mol. The highest BCUT2D eigenvalue weighted by atomic mass is 16.5. The van der Waals surface area contributed by atoms with Crippen molar-refractivity contribution in [2.75, 3.05) is 13.7 Å². The maximum Gasteiger partial charge on any atom is 0.0568 e. The monoisotopic (exact) mass is 186 g/mol. The molecule has 0 aromatic rings. The van der Waals surface area contributed by atoms with Gasteiger partial charge in [-0.15, -0.1) is 0 Å². The molecule has 0 aliphatic heterocycles. The first-order valence-electron chi connectivity index (χ1n) is 5.42. The summed E-state index contributed by atoms with van der Waals surface area (Å²) in [7, 11) is 1.75. The van der Waals surface area contributed by atoms with E-state index in [1.54, 1.807) is 7.11 Å². The molecule has 0 saturated heterocycles. The van der Waals surface area contributed by atoms with Gasteiger partial charge in [0, 0.05) is 13.7 Å². The van der Waals surface area contributed by atoms with Gasteiger partial charge in [0.1, 0.15) is 0 Å². The number of rotatable bonds is 5. The first-order chi connectivity index (χ1) is 6.25. The summed E-state index contributed by atoms with van der Waals surface area (Å²) < 4.78 is 5.01. The third-order valence-corrected chi connectivity index (χ3v) is 3.36. The third-order valence-electron chi connectivity index (χ3n) is 3.36. The second-order valence-electron chi connectivity index (χ2n) is 4.25. The summed E-state index contributed by atoms with van der Waals surface area (Å²) in [5.41, 5.74) is 0. The van der Waals surface area contributed by atoms with E-state index in [1.165, 1.54) is 19.3 Å². The molecule has 0 heterocycles. The lowest BCUT2D eigenvalue weighted by Crippen LogP contribution is -2.15. The topological polar surface area (TPSA) is 29.5 Å². The molecule has 13 heavy (non-hydrogen) atoms. The van der Waals surface area contributed by atoms with Crippen molar-refractivity contribution in [2.24, 2.45) is 11.8 Å².